The fraction of sp³-hybridized carbons (Fsp3) is 0.182. The maximum atomic E-state index is 10.8. The van der Waals surface area contributed by atoms with Crippen LogP contribution < -0.4 is 15.8 Å². The van der Waals surface area contributed by atoms with E-state index < -0.39 is 5.97 Å². The summed E-state index contributed by atoms with van der Waals surface area (Å²) in [5.74, 6) is -1.23. The van der Waals surface area contributed by atoms with Gasteiger partial charge in [-0.3, -0.25) is 5.43 Å². The number of carboxylic acids is 1. The van der Waals surface area contributed by atoms with Crippen LogP contribution in [-0.2, 0) is 0 Å². The normalized spacial score (nSPS) is 10.2. The highest BCUT2D eigenvalue weighted by Crippen LogP contribution is 2.04. The number of hydrazone groups is 1. The number of thiocarbonyl (C=S) groups is 1. The smallest absolute Gasteiger partial charge is 0.186 e. The average molecular weight is 250 g/mol. The van der Waals surface area contributed by atoms with Gasteiger partial charge in [0.25, 0.3) is 0 Å². The first-order chi connectivity index (χ1) is 8.15. The Balaban J connectivity index is 2.71. The van der Waals surface area contributed by atoms with Gasteiger partial charge in [-0.15, -0.1) is 0 Å². The molecule has 0 saturated heterocycles. The van der Waals surface area contributed by atoms with Gasteiger partial charge in [0, 0.05) is 17.7 Å². The quantitative estimate of drug-likeness (QED) is 0.442. The zero-order valence-corrected chi connectivity index (χ0v) is 10.1. The van der Waals surface area contributed by atoms with Crippen molar-refractivity contribution >= 4 is 29.5 Å². The van der Waals surface area contributed by atoms with Gasteiger partial charge in [0.2, 0.25) is 0 Å². The van der Waals surface area contributed by atoms with E-state index in [1.165, 1.54) is 12.3 Å². The molecule has 6 heteroatoms. The van der Waals surface area contributed by atoms with E-state index in [9.17, 15) is 9.90 Å². The first kappa shape index (κ1) is 13.1. The molecule has 0 aromatic heterocycles. The lowest BCUT2D eigenvalue weighted by Crippen LogP contribution is -2.31. The summed E-state index contributed by atoms with van der Waals surface area (Å²) in [5, 5.41) is 17.9. The number of carbonyl (C=O) groups excluding carboxylic acids is 1. The first-order valence-corrected chi connectivity index (χ1v) is 5.43. The van der Waals surface area contributed by atoms with Crippen LogP contribution in [0, 0.1) is 0 Å². The van der Waals surface area contributed by atoms with Gasteiger partial charge >= 0.3 is 0 Å². The fourth-order valence-corrected chi connectivity index (χ4v) is 1.35. The molecule has 0 aliphatic heterocycles. The van der Waals surface area contributed by atoms with E-state index in [1.54, 1.807) is 18.2 Å². The summed E-state index contributed by atoms with van der Waals surface area (Å²) >= 11 is 4.89. The molecule has 5 nitrogen and oxygen atoms in total. The summed E-state index contributed by atoms with van der Waals surface area (Å²) in [6, 6.07) is 6.43. The van der Waals surface area contributed by atoms with Crippen molar-refractivity contribution in [1.29, 1.82) is 0 Å². The second-order valence-electron chi connectivity index (χ2n) is 3.10. The van der Waals surface area contributed by atoms with Crippen LogP contribution in [0.15, 0.2) is 29.4 Å². The van der Waals surface area contributed by atoms with Gasteiger partial charge in [0.05, 0.1) is 12.2 Å². The maximum absolute atomic E-state index is 10.8. The Hall–Kier alpha value is -1.95. The first-order valence-electron chi connectivity index (χ1n) is 5.02. The summed E-state index contributed by atoms with van der Waals surface area (Å²) in [4.78, 5) is 10.8. The molecular formula is C11H12N3O2S-. The van der Waals surface area contributed by atoms with E-state index in [0.717, 1.165) is 0 Å². The molecule has 0 atom stereocenters. The molecule has 0 unspecified atom stereocenters. The highest BCUT2D eigenvalue weighted by molar-refractivity contribution is 7.80. The largest absolute Gasteiger partial charge is 0.545 e. The maximum Gasteiger partial charge on any atom is 0.186 e. The van der Waals surface area contributed by atoms with E-state index in [-0.39, 0.29) is 5.56 Å². The standard InChI is InChI=1S/C11H13N3O2S/c1-2-12-11(17)14-13-7-8-5-3-4-6-9(8)10(15)16/h3-7H,2H2,1H3,(H,15,16)(H2,12,14,17)/p-1/b13-7+. The molecule has 90 valence electrons. The number of rotatable bonds is 4. The third kappa shape index (κ3) is 4.20. The molecule has 1 aromatic carbocycles. The summed E-state index contributed by atoms with van der Waals surface area (Å²) < 4.78 is 0. The van der Waals surface area contributed by atoms with E-state index in [4.69, 9.17) is 12.2 Å². The number of hydrogen-bond donors (Lipinski definition) is 2. The van der Waals surface area contributed by atoms with E-state index in [2.05, 4.69) is 15.8 Å². The van der Waals surface area contributed by atoms with E-state index >= 15 is 0 Å². The predicted molar refractivity (Wildman–Crippen MR) is 67.8 cm³/mol. The summed E-state index contributed by atoms with van der Waals surface area (Å²) in [5.41, 5.74) is 3.12. The van der Waals surface area contributed by atoms with Crippen molar-refractivity contribution in [3.63, 3.8) is 0 Å². The minimum absolute atomic E-state index is 0.0902. The summed E-state index contributed by atoms with van der Waals surface area (Å²) in [7, 11) is 0. The summed E-state index contributed by atoms with van der Waals surface area (Å²) in [6.45, 7) is 2.60. The van der Waals surface area contributed by atoms with Gasteiger partial charge in [-0.05, 0) is 19.1 Å². The minimum Gasteiger partial charge on any atom is -0.545 e. The molecule has 0 spiro atoms. The molecule has 0 radical (unpaired) electrons. The number of nitrogens with one attached hydrogen (secondary N) is 2. The third-order valence-electron chi connectivity index (χ3n) is 1.89. The van der Waals surface area contributed by atoms with Crippen molar-refractivity contribution in [1.82, 2.24) is 10.7 Å². The van der Waals surface area contributed by atoms with Crippen molar-refractivity contribution in [2.24, 2.45) is 5.10 Å². The van der Waals surface area contributed by atoms with Gasteiger partial charge in [0.1, 0.15) is 0 Å². The number of hydrogen-bond acceptors (Lipinski definition) is 4. The van der Waals surface area contributed by atoms with Crippen LogP contribution in [0.5, 0.6) is 0 Å². The van der Waals surface area contributed by atoms with E-state index in [1.807, 2.05) is 6.92 Å². The number of carbonyl (C=O) groups is 1. The van der Waals surface area contributed by atoms with Gasteiger partial charge in [-0.25, -0.2) is 0 Å². The molecule has 0 aliphatic carbocycles. The third-order valence-corrected chi connectivity index (χ3v) is 2.12. The van der Waals surface area contributed by atoms with Crippen LogP contribution in [0.1, 0.15) is 22.8 Å². The lowest BCUT2D eigenvalue weighted by molar-refractivity contribution is -0.255. The van der Waals surface area contributed by atoms with Crippen molar-refractivity contribution in [2.75, 3.05) is 6.54 Å². The Kier molecular flexibility index (Phi) is 5.09. The Bertz CT molecular complexity index is 446. The molecular weight excluding hydrogens is 238 g/mol. The number of carboxylic acid groups (broad SMARTS) is 1. The number of nitrogens with zero attached hydrogens (tertiary/aromatic N) is 1. The van der Waals surface area contributed by atoms with Crippen molar-refractivity contribution in [3.05, 3.63) is 35.4 Å². The molecule has 0 amide bonds. The number of aromatic carboxylic acids is 1. The lowest BCUT2D eigenvalue weighted by Gasteiger charge is -2.06. The predicted octanol–water partition coefficient (Wildman–Crippen LogP) is -0.132. The van der Waals surface area contributed by atoms with Gasteiger partial charge in [-0.2, -0.15) is 5.10 Å². The topological polar surface area (TPSA) is 76.5 Å². The molecule has 0 bridgehead atoms. The second kappa shape index (κ2) is 6.59. The monoisotopic (exact) mass is 250 g/mol. The van der Waals surface area contributed by atoms with Crippen molar-refractivity contribution < 1.29 is 9.90 Å². The van der Waals surface area contributed by atoms with Gasteiger partial charge < -0.3 is 15.2 Å². The lowest BCUT2D eigenvalue weighted by atomic mass is 10.1. The van der Waals surface area contributed by atoms with Crippen molar-refractivity contribution in [2.45, 2.75) is 6.92 Å². The van der Waals surface area contributed by atoms with Crippen LogP contribution in [0.2, 0.25) is 0 Å². The second-order valence-corrected chi connectivity index (χ2v) is 3.51. The van der Waals surface area contributed by atoms with Crippen LogP contribution >= 0.6 is 12.2 Å². The molecule has 0 saturated carbocycles. The highest BCUT2D eigenvalue weighted by atomic mass is 32.1. The van der Waals surface area contributed by atoms with Crippen LogP contribution in [0.25, 0.3) is 0 Å². The Morgan fingerprint density at radius 2 is 2.24 bits per heavy atom. The van der Waals surface area contributed by atoms with Gasteiger partial charge in [-0.1, -0.05) is 24.3 Å². The fourth-order valence-electron chi connectivity index (χ4n) is 1.16. The van der Waals surface area contributed by atoms with Crippen LogP contribution in [-0.4, -0.2) is 23.8 Å². The highest BCUT2D eigenvalue weighted by Gasteiger charge is 1.99. The molecule has 1 rings (SSSR count). The van der Waals surface area contributed by atoms with Gasteiger partial charge in [0.15, 0.2) is 5.11 Å². The summed E-state index contributed by atoms with van der Waals surface area (Å²) in [6.07, 6.45) is 1.38. The Morgan fingerprint density at radius 1 is 1.53 bits per heavy atom. The Labute approximate surface area is 105 Å². The molecule has 0 heterocycles. The van der Waals surface area contributed by atoms with E-state index in [0.29, 0.717) is 17.2 Å². The Morgan fingerprint density at radius 3 is 2.88 bits per heavy atom. The zero-order valence-electron chi connectivity index (χ0n) is 9.27. The number of benzene rings is 1. The zero-order chi connectivity index (χ0) is 12.7. The molecule has 17 heavy (non-hydrogen) atoms. The minimum atomic E-state index is -1.23. The average Bonchev–Trinajstić information content (AvgIpc) is 2.30. The molecule has 2 N–H and O–H groups in total. The SMILES string of the molecule is CCNC(=S)N/N=C/c1ccccc1C(=O)[O-]. The van der Waals surface area contributed by atoms with Crippen molar-refractivity contribution in [3.8, 4) is 0 Å². The van der Waals surface area contributed by atoms with Crippen LogP contribution in [0.4, 0.5) is 0 Å². The van der Waals surface area contributed by atoms with Crippen LogP contribution in [0.3, 0.4) is 0 Å². The molecule has 1 aromatic rings. The molecule has 0 fully saturated rings. The molecule has 0 aliphatic rings.